The molecule has 0 saturated carbocycles. The molecule has 6 rings (SSSR count). The van der Waals surface area contributed by atoms with E-state index in [1.807, 2.05) is 67.5 Å². The van der Waals surface area contributed by atoms with Crippen LogP contribution in [0.3, 0.4) is 0 Å². The highest BCUT2D eigenvalue weighted by Gasteiger charge is 2.27. The van der Waals surface area contributed by atoms with Crippen LogP contribution < -0.4 is 21.3 Å². The minimum absolute atomic E-state index is 0.0495. The molecule has 2 amide bonds. The summed E-state index contributed by atoms with van der Waals surface area (Å²) in [4.78, 5) is 29.8. The molecule has 2 aliphatic rings. The molecule has 338 valence electrons. The number of nitrogens with zero attached hydrogens (tertiary/aromatic N) is 1. The average Bonchev–Trinajstić information content (AvgIpc) is 3.22. The van der Waals surface area contributed by atoms with Crippen LogP contribution in [0.15, 0.2) is 85.9 Å². The van der Waals surface area contributed by atoms with Crippen molar-refractivity contribution in [2.45, 2.75) is 105 Å². The number of aryl methyl sites for hydroxylation is 4. The summed E-state index contributed by atoms with van der Waals surface area (Å²) < 4.78 is 80.0. The van der Waals surface area contributed by atoms with E-state index in [1.165, 1.54) is 30.3 Å². The summed E-state index contributed by atoms with van der Waals surface area (Å²) in [6.07, 6.45) is 2.40. The molecule has 4 aromatic carbocycles. The van der Waals surface area contributed by atoms with Gasteiger partial charge >= 0.3 is 0 Å². The molecule has 0 fully saturated rings. The number of anilines is 4. The van der Waals surface area contributed by atoms with Gasteiger partial charge in [0, 0.05) is 69.8 Å². The third kappa shape index (κ3) is 10.1. The fourth-order valence-electron chi connectivity index (χ4n) is 8.14. The van der Waals surface area contributed by atoms with Crippen LogP contribution >= 0.6 is 0 Å². The normalized spacial score (nSPS) is 13.3. The van der Waals surface area contributed by atoms with Gasteiger partial charge in [0.05, 0.1) is 11.0 Å². The van der Waals surface area contributed by atoms with Crippen molar-refractivity contribution in [3.63, 3.8) is 0 Å². The van der Waals surface area contributed by atoms with Crippen molar-refractivity contribution >= 4 is 71.5 Å². The van der Waals surface area contributed by atoms with Gasteiger partial charge in [-0.15, -0.1) is 0 Å². The van der Waals surface area contributed by atoms with Gasteiger partial charge in [-0.1, -0.05) is 70.9 Å². The summed E-state index contributed by atoms with van der Waals surface area (Å²) in [6, 6.07) is 17.3. The van der Waals surface area contributed by atoms with Gasteiger partial charge in [0.25, 0.3) is 20.2 Å². The lowest BCUT2D eigenvalue weighted by molar-refractivity contribution is -0.117. The monoisotopic (exact) mass is 908 g/mol. The molecule has 15 heteroatoms. The average molecular weight is 909 g/mol. The van der Waals surface area contributed by atoms with Crippen LogP contribution in [-0.2, 0) is 29.8 Å². The Balaban J connectivity index is 1.61. The fraction of sp³-hybridized carbons (Fsp3) is 0.327. The van der Waals surface area contributed by atoms with E-state index in [0.717, 1.165) is 40.8 Å². The molecule has 1 heterocycles. The molecule has 4 aromatic rings. The smallest absolute Gasteiger partial charge is 0.296 e. The third-order valence-corrected chi connectivity index (χ3v) is 13.7. The number of carbonyl (C=O) groups is 2. The van der Waals surface area contributed by atoms with Gasteiger partial charge in [-0.3, -0.25) is 18.7 Å². The highest BCUT2D eigenvalue weighted by Crippen LogP contribution is 2.44. The highest BCUT2D eigenvalue weighted by molar-refractivity contribution is 7.86. The van der Waals surface area contributed by atoms with Crippen LogP contribution in [0.25, 0.3) is 33.4 Å². The van der Waals surface area contributed by atoms with Crippen LogP contribution in [0.2, 0.25) is 0 Å². The predicted molar refractivity (Wildman–Crippen MR) is 253 cm³/mol. The maximum Gasteiger partial charge on any atom is 0.296 e. The first-order chi connectivity index (χ1) is 30.0. The highest BCUT2D eigenvalue weighted by atomic mass is 32.2. The van der Waals surface area contributed by atoms with Gasteiger partial charge in [-0.05, 0) is 111 Å². The zero-order valence-corrected chi connectivity index (χ0v) is 39.5. The largest absolute Gasteiger partial charge is 0.456 e. The minimum atomic E-state index is -5.00. The maximum absolute atomic E-state index is 13.3. The Morgan fingerprint density at radius 3 is 1.78 bits per heavy atom. The Morgan fingerprint density at radius 1 is 0.656 bits per heavy atom. The molecule has 0 saturated heterocycles. The molecule has 5 N–H and O–H groups in total. The Hall–Kier alpha value is -5.87. The summed E-state index contributed by atoms with van der Waals surface area (Å²) in [5.41, 5.74) is 8.20. The maximum atomic E-state index is 13.3. The number of carbonyl (C=O) groups excluding carboxylic acids is 2. The molecule has 0 bridgehead atoms. The molecule has 1 aliphatic carbocycles. The number of hydrogen-bond donors (Lipinski definition) is 5. The standard InChI is InChI=1S/C49H56N4O9S2/c1-11-26(3)19-43(54)52-48-30(7)21-28(5)46(32(48)9)50-34-17-18-35-39(23-34)62-40-25-38(51-47-29(6)22-31(8)49(33(47)10)53-44(55)20-27(4)12-2)42(64(59,60)61)24-37(40)45(35)36-15-13-14-16-41(36)63(56,57)58/h13-18,21-27,50H,11-12,19-20H2,1-10H3,(H,52,54)(H,53,55)(H,56,57,58)(H,59,60,61)/b51-38+. The van der Waals surface area contributed by atoms with Gasteiger partial charge in [0.1, 0.15) is 21.1 Å². The van der Waals surface area contributed by atoms with Gasteiger partial charge in [0.15, 0.2) is 0 Å². The number of amides is 2. The zero-order chi connectivity index (χ0) is 47.0. The second-order valence-electron chi connectivity index (χ2n) is 17.0. The molecule has 13 nitrogen and oxygen atoms in total. The molecule has 0 radical (unpaired) electrons. The summed E-state index contributed by atoms with van der Waals surface area (Å²) in [7, 11) is -9.81. The van der Waals surface area contributed by atoms with Gasteiger partial charge in [0.2, 0.25) is 11.8 Å². The molecule has 0 spiro atoms. The molecular formula is C49H56N4O9S2. The van der Waals surface area contributed by atoms with E-state index in [2.05, 4.69) is 16.0 Å². The van der Waals surface area contributed by atoms with E-state index in [0.29, 0.717) is 52.1 Å². The van der Waals surface area contributed by atoms with Crippen LogP contribution in [0.4, 0.5) is 28.4 Å². The zero-order valence-electron chi connectivity index (χ0n) is 37.8. The first kappa shape index (κ1) is 47.6. The Labute approximate surface area is 375 Å². The predicted octanol–water partition coefficient (Wildman–Crippen LogP) is 11.3. The Kier molecular flexibility index (Phi) is 13.9. The molecular weight excluding hydrogens is 853 g/mol. The number of benzene rings is 5. The fourth-order valence-corrected chi connectivity index (χ4v) is 9.48. The lowest BCUT2D eigenvalue weighted by atomic mass is 9.93. The van der Waals surface area contributed by atoms with Crippen molar-refractivity contribution in [1.29, 1.82) is 0 Å². The van der Waals surface area contributed by atoms with Crippen molar-refractivity contribution in [3.8, 4) is 22.5 Å². The SMILES string of the molecule is CCC(C)CC(=O)Nc1c(C)cc(C)c(/N=c2\cc3oc4cc(Nc5c(C)cc(C)c(NC(=O)CC(C)CC)c5C)ccc4c(-c4ccccc4S(=O)(=O)O)c-3cc2S(=O)(=O)O)c1C. The second kappa shape index (κ2) is 18.7. The van der Waals surface area contributed by atoms with Gasteiger partial charge in [-0.2, -0.15) is 16.8 Å². The third-order valence-electron chi connectivity index (χ3n) is 11.9. The van der Waals surface area contributed by atoms with Crippen LogP contribution in [0, 0.1) is 53.4 Å². The number of rotatable bonds is 14. The van der Waals surface area contributed by atoms with Gasteiger partial charge in [-0.25, -0.2) is 4.99 Å². The second-order valence-corrected chi connectivity index (χ2v) is 19.7. The summed E-state index contributed by atoms with van der Waals surface area (Å²) in [5.74, 6) is 0.211. The number of hydrogen-bond acceptors (Lipinski definition) is 9. The van der Waals surface area contributed by atoms with Crippen molar-refractivity contribution in [3.05, 3.63) is 105 Å². The first-order valence-corrected chi connectivity index (χ1v) is 24.1. The van der Waals surface area contributed by atoms with E-state index >= 15 is 0 Å². The topological polar surface area (TPSA) is 204 Å². The molecule has 2 unspecified atom stereocenters. The Bertz CT molecular complexity index is 3100. The summed E-state index contributed by atoms with van der Waals surface area (Å²) in [5, 5.41) is 9.77. The summed E-state index contributed by atoms with van der Waals surface area (Å²) >= 11 is 0. The van der Waals surface area contributed by atoms with Crippen molar-refractivity contribution in [2.24, 2.45) is 16.8 Å². The van der Waals surface area contributed by atoms with Crippen LogP contribution in [0.5, 0.6) is 0 Å². The van der Waals surface area contributed by atoms with Crippen LogP contribution in [-0.4, -0.2) is 37.8 Å². The lowest BCUT2D eigenvalue weighted by Gasteiger charge is -2.21. The molecule has 2 atom stereocenters. The van der Waals surface area contributed by atoms with Crippen molar-refractivity contribution in [2.75, 3.05) is 16.0 Å². The number of fused-ring (bicyclic) bond motifs is 2. The van der Waals surface area contributed by atoms with E-state index in [-0.39, 0.29) is 57.0 Å². The van der Waals surface area contributed by atoms with E-state index in [4.69, 9.17) is 9.41 Å². The minimum Gasteiger partial charge on any atom is -0.456 e. The van der Waals surface area contributed by atoms with E-state index in [1.54, 1.807) is 38.1 Å². The van der Waals surface area contributed by atoms with Crippen LogP contribution in [0.1, 0.15) is 86.8 Å². The molecule has 1 aliphatic heterocycles. The Morgan fingerprint density at radius 2 is 1.20 bits per heavy atom. The molecule has 0 aromatic heterocycles. The van der Waals surface area contributed by atoms with E-state index < -0.39 is 30.0 Å². The molecule has 64 heavy (non-hydrogen) atoms. The van der Waals surface area contributed by atoms with E-state index in [9.17, 15) is 35.5 Å². The van der Waals surface area contributed by atoms with Crippen molar-refractivity contribution < 1.29 is 39.9 Å². The quantitative estimate of drug-likeness (QED) is 0.0516. The van der Waals surface area contributed by atoms with Crippen molar-refractivity contribution in [1.82, 2.24) is 0 Å². The summed E-state index contributed by atoms with van der Waals surface area (Å²) in [6.45, 7) is 19.3. The van der Waals surface area contributed by atoms with Gasteiger partial charge < -0.3 is 20.4 Å². The lowest BCUT2D eigenvalue weighted by Crippen LogP contribution is -2.17. The number of nitrogens with one attached hydrogen (secondary N) is 3. The first-order valence-electron chi connectivity index (χ1n) is 21.2.